The van der Waals surface area contributed by atoms with Crippen molar-refractivity contribution in [2.24, 2.45) is 0 Å². The Morgan fingerprint density at radius 1 is 1.32 bits per heavy atom. The number of carbonyl (C=O) groups is 1. The van der Waals surface area contributed by atoms with Gasteiger partial charge in [-0.15, -0.1) is 0 Å². The van der Waals surface area contributed by atoms with E-state index in [2.05, 4.69) is 14.7 Å². The second-order valence-electron chi connectivity index (χ2n) is 4.51. The first-order valence-electron chi connectivity index (χ1n) is 6.86. The van der Waals surface area contributed by atoms with E-state index in [1.807, 2.05) is 18.7 Å². The van der Waals surface area contributed by atoms with E-state index < -0.39 is 0 Å². The molecule has 0 aliphatic heterocycles. The highest BCUT2D eigenvalue weighted by molar-refractivity contribution is 7.09. The lowest BCUT2D eigenvalue weighted by Gasteiger charge is -2.19. The molecule has 2 rings (SSSR count). The summed E-state index contributed by atoms with van der Waals surface area (Å²) < 4.78 is 4.24. The van der Waals surface area contributed by atoms with E-state index in [-0.39, 0.29) is 12.5 Å². The molecule has 22 heavy (non-hydrogen) atoms. The molecule has 0 fully saturated rings. The molecule has 0 bridgehead atoms. The van der Waals surface area contributed by atoms with Crippen LogP contribution in [0.2, 0.25) is 10.0 Å². The molecule has 2 aromatic rings. The van der Waals surface area contributed by atoms with Crippen molar-refractivity contribution in [3.05, 3.63) is 34.1 Å². The van der Waals surface area contributed by atoms with Gasteiger partial charge in [0.25, 0.3) is 0 Å². The molecule has 0 atom stereocenters. The minimum Gasteiger partial charge on any atom is -0.338 e. The number of nitrogens with zero attached hydrogens (tertiary/aromatic N) is 3. The van der Waals surface area contributed by atoms with E-state index in [4.69, 9.17) is 23.2 Å². The van der Waals surface area contributed by atoms with Gasteiger partial charge in [0.2, 0.25) is 11.0 Å². The molecule has 0 saturated heterocycles. The molecule has 0 saturated carbocycles. The van der Waals surface area contributed by atoms with Gasteiger partial charge in [0.1, 0.15) is 5.82 Å². The number of halogens is 2. The van der Waals surface area contributed by atoms with E-state index >= 15 is 0 Å². The molecule has 1 heterocycles. The largest absolute Gasteiger partial charge is 0.338 e. The Kier molecular flexibility index (Phi) is 5.99. The van der Waals surface area contributed by atoms with Crippen LogP contribution in [0, 0.1) is 0 Å². The highest BCUT2D eigenvalue weighted by atomic mass is 35.5. The second-order valence-corrected chi connectivity index (χ2v) is 6.05. The topological polar surface area (TPSA) is 58.1 Å². The Hall–Kier alpha value is -1.37. The summed E-state index contributed by atoms with van der Waals surface area (Å²) in [5.41, 5.74) is 0.429. The van der Waals surface area contributed by atoms with Gasteiger partial charge in [-0.1, -0.05) is 36.2 Å². The molecule has 0 aliphatic carbocycles. The molecular formula is C14H16Cl2N4OS. The van der Waals surface area contributed by atoms with Gasteiger partial charge in [-0.2, -0.15) is 4.37 Å². The Bertz CT molecular complexity index is 642. The first-order chi connectivity index (χ1) is 10.5. The van der Waals surface area contributed by atoms with Crippen molar-refractivity contribution >= 4 is 51.5 Å². The SMILES string of the molecule is CCc1nsc(N(CC)CC(=O)Nc2c(Cl)cccc2Cl)n1. The van der Waals surface area contributed by atoms with E-state index in [9.17, 15) is 4.79 Å². The molecule has 1 amide bonds. The van der Waals surface area contributed by atoms with Gasteiger partial charge in [-0.25, -0.2) is 4.98 Å². The molecule has 1 aromatic heterocycles. The van der Waals surface area contributed by atoms with Gasteiger partial charge in [-0.05, 0) is 19.1 Å². The van der Waals surface area contributed by atoms with E-state index in [0.29, 0.717) is 22.3 Å². The van der Waals surface area contributed by atoms with Crippen LogP contribution in [-0.2, 0) is 11.2 Å². The number of nitrogens with one attached hydrogen (secondary N) is 1. The Morgan fingerprint density at radius 3 is 2.55 bits per heavy atom. The zero-order chi connectivity index (χ0) is 16.1. The van der Waals surface area contributed by atoms with Gasteiger partial charge in [0, 0.05) is 24.5 Å². The molecular weight excluding hydrogens is 343 g/mol. The quantitative estimate of drug-likeness (QED) is 0.851. The van der Waals surface area contributed by atoms with Crippen molar-refractivity contribution < 1.29 is 4.79 Å². The second kappa shape index (κ2) is 7.76. The third-order valence-corrected chi connectivity index (χ3v) is 4.43. The molecule has 1 N–H and O–H groups in total. The van der Waals surface area contributed by atoms with Crippen molar-refractivity contribution in [2.75, 3.05) is 23.3 Å². The fraction of sp³-hybridized carbons (Fsp3) is 0.357. The summed E-state index contributed by atoms with van der Waals surface area (Å²) in [4.78, 5) is 18.5. The Morgan fingerprint density at radius 2 is 2.00 bits per heavy atom. The van der Waals surface area contributed by atoms with Crippen LogP contribution in [0.1, 0.15) is 19.7 Å². The lowest BCUT2D eigenvalue weighted by atomic mass is 10.3. The van der Waals surface area contributed by atoms with Gasteiger partial charge >= 0.3 is 0 Å². The minimum absolute atomic E-state index is 0.163. The number of aryl methyl sites for hydroxylation is 1. The predicted molar refractivity (Wildman–Crippen MR) is 92.3 cm³/mol. The molecule has 0 radical (unpaired) electrons. The third kappa shape index (κ3) is 4.09. The van der Waals surface area contributed by atoms with Gasteiger partial charge < -0.3 is 10.2 Å². The number of carbonyl (C=O) groups excluding carboxylic acids is 1. The van der Waals surface area contributed by atoms with E-state index in [0.717, 1.165) is 17.4 Å². The number of para-hydroxylation sites is 1. The standard InChI is InChI=1S/C14H16Cl2N4OS/c1-3-11-17-14(22-19-11)20(4-2)8-12(21)18-13-9(15)6-5-7-10(13)16/h5-7H,3-4,8H2,1-2H3,(H,18,21). The highest BCUT2D eigenvalue weighted by Gasteiger charge is 2.16. The first-order valence-corrected chi connectivity index (χ1v) is 8.39. The first kappa shape index (κ1) is 17.0. The van der Waals surface area contributed by atoms with Crippen molar-refractivity contribution in [3.63, 3.8) is 0 Å². The number of rotatable bonds is 6. The number of hydrogen-bond acceptors (Lipinski definition) is 5. The third-order valence-electron chi connectivity index (χ3n) is 2.99. The van der Waals surface area contributed by atoms with Crippen LogP contribution in [0.3, 0.4) is 0 Å². The van der Waals surface area contributed by atoms with Crippen molar-refractivity contribution in [1.82, 2.24) is 9.36 Å². The maximum Gasteiger partial charge on any atom is 0.244 e. The van der Waals surface area contributed by atoms with Crippen LogP contribution < -0.4 is 10.2 Å². The number of anilines is 2. The zero-order valence-corrected chi connectivity index (χ0v) is 14.6. The molecule has 0 unspecified atom stereocenters. The molecule has 0 aliphatic rings. The molecule has 0 spiro atoms. The summed E-state index contributed by atoms with van der Waals surface area (Å²) in [6, 6.07) is 5.09. The van der Waals surface area contributed by atoms with E-state index in [1.54, 1.807) is 18.2 Å². The lowest BCUT2D eigenvalue weighted by molar-refractivity contribution is -0.115. The summed E-state index contributed by atoms with van der Waals surface area (Å²) in [5.74, 6) is 0.582. The molecule has 1 aromatic carbocycles. The van der Waals surface area contributed by atoms with Crippen molar-refractivity contribution in [2.45, 2.75) is 20.3 Å². The average Bonchev–Trinajstić information content (AvgIpc) is 2.97. The van der Waals surface area contributed by atoms with Crippen LogP contribution in [0.5, 0.6) is 0 Å². The number of hydrogen-bond donors (Lipinski definition) is 1. The highest BCUT2D eigenvalue weighted by Crippen LogP contribution is 2.29. The Balaban J connectivity index is 2.06. The van der Waals surface area contributed by atoms with Crippen molar-refractivity contribution in [1.29, 1.82) is 0 Å². The smallest absolute Gasteiger partial charge is 0.244 e. The summed E-state index contributed by atoms with van der Waals surface area (Å²) in [7, 11) is 0. The van der Waals surface area contributed by atoms with Crippen LogP contribution in [-0.4, -0.2) is 28.4 Å². The summed E-state index contributed by atoms with van der Waals surface area (Å²) >= 11 is 13.4. The summed E-state index contributed by atoms with van der Waals surface area (Å²) in [6.45, 7) is 4.77. The van der Waals surface area contributed by atoms with E-state index in [1.165, 1.54) is 11.5 Å². The van der Waals surface area contributed by atoms with Gasteiger partial charge in [0.15, 0.2) is 0 Å². The fourth-order valence-corrected chi connectivity index (χ4v) is 3.11. The Labute approximate surface area is 143 Å². The zero-order valence-electron chi connectivity index (χ0n) is 12.3. The van der Waals surface area contributed by atoms with Gasteiger partial charge in [0.05, 0.1) is 22.3 Å². The van der Waals surface area contributed by atoms with Crippen LogP contribution in [0.25, 0.3) is 0 Å². The number of aromatic nitrogens is 2. The predicted octanol–water partition coefficient (Wildman–Crippen LogP) is 3.87. The minimum atomic E-state index is -0.204. The summed E-state index contributed by atoms with van der Waals surface area (Å²) in [5, 5.41) is 4.30. The lowest BCUT2D eigenvalue weighted by Crippen LogP contribution is -2.33. The van der Waals surface area contributed by atoms with Gasteiger partial charge in [-0.3, -0.25) is 4.79 Å². The monoisotopic (exact) mass is 358 g/mol. The van der Waals surface area contributed by atoms with Crippen LogP contribution in [0.15, 0.2) is 18.2 Å². The number of benzene rings is 1. The van der Waals surface area contributed by atoms with Crippen LogP contribution in [0.4, 0.5) is 10.8 Å². The normalized spacial score (nSPS) is 10.5. The number of likely N-dealkylation sites (N-methyl/N-ethyl adjacent to an activating group) is 1. The van der Waals surface area contributed by atoms with Crippen molar-refractivity contribution in [3.8, 4) is 0 Å². The average molecular weight is 359 g/mol. The maximum absolute atomic E-state index is 12.2. The van der Waals surface area contributed by atoms with Crippen LogP contribution >= 0.6 is 34.7 Å². The molecule has 8 heteroatoms. The molecule has 5 nitrogen and oxygen atoms in total. The maximum atomic E-state index is 12.2. The molecule has 118 valence electrons. The number of amides is 1. The summed E-state index contributed by atoms with van der Waals surface area (Å²) in [6.07, 6.45) is 0.773. The fourth-order valence-electron chi connectivity index (χ4n) is 1.80.